The second kappa shape index (κ2) is 20.6. The van der Waals surface area contributed by atoms with Gasteiger partial charge in [0.05, 0.1) is 22.1 Å². The van der Waals surface area contributed by atoms with E-state index < -0.39 is 0 Å². The molecule has 0 saturated carbocycles. The van der Waals surface area contributed by atoms with Crippen LogP contribution in [-0.2, 0) is 0 Å². The van der Waals surface area contributed by atoms with Crippen molar-refractivity contribution in [1.29, 1.82) is 0 Å². The molecule has 0 saturated heterocycles. The Labute approximate surface area is 416 Å². The lowest BCUT2D eigenvalue weighted by molar-refractivity contribution is 1.18. The third kappa shape index (κ3) is 9.13. The van der Waals surface area contributed by atoms with E-state index in [-0.39, 0.29) is 0 Å². The highest BCUT2D eigenvalue weighted by Gasteiger charge is 2.21. The maximum atomic E-state index is 3.66. The molecule has 2 heterocycles. The van der Waals surface area contributed by atoms with E-state index in [4.69, 9.17) is 0 Å². The van der Waals surface area contributed by atoms with Crippen molar-refractivity contribution in [3.63, 3.8) is 0 Å². The Bertz CT molecular complexity index is 3950. The van der Waals surface area contributed by atoms with E-state index in [1.165, 1.54) is 76.3 Å². The van der Waals surface area contributed by atoms with E-state index in [1.807, 2.05) is 38.2 Å². The Balaban J connectivity index is 0.000000435. The summed E-state index contributed by atoms with van der Waals surface area (Å²) in [6.07, 6.45) is 11.0. The van der Waals surface area contributed by atoms with Crippen LogP contribution in [0.25, 0.3) is 87.7 Å². The molecule has 3 nitrogen and oxygen atoms in total. The van der Waals surface area contributed by atoms with Gasteiger partial charge in [0.2, 0.25) is 0 Å². The molecule has 0 amide bonds. The van der Waals surface area contributed by atoms with Crippen LogP contribution in [0.15, 0.2) is 286 Å². The molecule has 10 aromatic carbocycles. The molecule has 0 unspecified atom stereocenters. The van der Waals surface area contributed by atoms with Crippen molar-refractivity contribution in [2.75, 3.05) is 4.90 Å². The van der Waals surface area contributed by atoms with Crippen molar-refractivity contribution in [3.8, 4) is 22.5 Å². The maximum absolute atomic E-state index is 3.66. The van der Waals surface area contributed by atoms with Crippen molar-refractivity contribution in [3.05, 3.63) is 286 Å². The van der Waals surface area contributed by atoms with Crippen molar-refractivity contribution in [1.82, 2.24) is 9.13 Å². The van der Waals surface area contributed by atoms with Crippen LogP contribution >= 0.6 is 0 Å². The van der Waals surface area contributed by atoms with Gasteiger partial charge < -0.3 is 14.0 Å². The number of hydrogen-bond donors (Lipinski definition) is 0. The lowest BCUT2D eigenvalue weighted by Crippen LogP contribution is -2.09. The number of allylic oxidation sites excluding steroid dienone is 7. The predicted octanol–water partition coefficient (Wildman–Crippen LogP) is 19.4. The summed E-state index contributed by atoms with van der Waals surface area (Å²) in [7, 11) is 0. The Hall–Kier alpha value is -9.18. The van der Waals surface area contributed by atoms with Crippen LogP contribution in [0.2, 0.25) is 0 Å². The molecule has 0 radical (unpaired) electrons. The van der Waals surface area contributed by atoms with Gasteiger partial charge in [0.15, 0.2) is 0 Å². The predicted molar refractivity (Wildman–Crippen MR) is 309 cm³/mol. The van der Waals surface area contributed by atoms with Crippen molar-refractivity contribution in [2.24, 2.45) is 0 Å². The summed E-state index contributed by atoms with van der Waals surface area (Å²) in [6, 6.07) is 81.7. The first-order chi connectivity index (χ1) is 34.9. The van der Waals surface area contributed by atoms with Crippen molar-refractivity contribution >= 4 is 82.2 Å². The van der Waals surface area contributed by atoms with Crippen molar-refractivity contribution in [2.45, 2.75) is 13.8 Å². The third-order valence-electron chi connectivity index (χ3n) is 12.8. The molecule has 0 aliphatic carbocycles. The maximum Gasteiger partial charge on any atom is 0.0641 e. The molecule has 0 bridgehead atoms. The van der Waals surface area contributed by atoms with Gasteiger partial charge in [-0.25, -0.2) is 0 Å². The third-order valence-corrected chi connectivity index (χ3v) is 12.8. The zero-order valence-corrected chi connectivity index (χ0v) is 40.3. The van der Waals surface area contributed by atoms with Crippen LogP contribution in [0.4, 0.5) is 17.1 Å². The first-order valence-electron chi connectivity index (χ1n) is 24.1. The highest BCUT2D eigenvalue weighted by atomic mass is 15.1. The number of hydrogen-bond acceptors (Lipinski definition) is 1. The summed E-state index contributed by atoms with van der Waals surface area (Å²) in [4.78, 5) is 2.37. The lowest BCUT2D eigenvalue weighted by atomic mass is 10.0. The first-order valence-corrected chi connectivity index (χ1v) is 24.1. The number of nitrogens with zero attached hydrogens (tertiary/aromatic N) is 3. The average molecular weight is 914 g/mol. The summed E-state index contributed by atoms with van der Waals surface area (Å²) in [6.45, 7) is 14.5. The molecule has 342 valence electrons. The molecule has 0 atom stereocenters. The number of anilines is 3. The minimum atomic E-state index is 1.11. The highest BCUT2D eigenvalue weighted by molar-refractivity contribution is 6.26. The zero-order chi connectivity index (χ0) is 48.7. The van der Waals surface area contributed by atoms with Gasteiger partial charge in [0, 0.05) is 50.0 Å². The molecule has 0 spiro atoms. The molecule has 12 rings (SSSR count). The SMILES string of the molecule is C=C(C)/C=C\C.C=C/C=C\C=C.c1ccc(-c2cccc(N(c3ccccc3)c3ccc4ccc(-n5c6ccccc6c6ccc7c(c8ccccc8n7-c7ccc8ccccc8c7)c65)cc4c3)c2)cc1. The summed E-state index contributed by atoms with van der Waals surface area (Å²) < 4.78 is 4.94. The largest absolute Gasteiger partial charge is 0.310 e. The second-order valence-electron chi connectivity index (χ2n) is 17.6. The van der Waals surface area contributed by atoms with E-state index in [1.54, 1.807) is 12.2 Å². The molecule has 3 heteroatoms. The summed E-state index contributed by atoms with van der Waals surface area (Å²) in [5, 5.41) is 9.84. The van der Waals surface area contributed by atoms with E-state index in [0.717, 1.165) is 34.0 Å². The highest BCUT2D eigenvalue weighted by Crippen LogP contribution is 2.43. The minimum absolute atomic E-state index is 1.11. The van der Waals surface area contributed by atoms with E-state index in [2.05, 4.69) is 258 Å². The summed E-state index contributed by atoms with van der Waals surface area (Å²) in [5.41, 5.74) is 13.9. The Morgan fingerprint density at radius 2 is 0.972 bits per heavy atom. The Morgan fingerprint density at radius 1 is 0.423 bits per heavy atom. The van der Waals surface area contributed by atoms with Crippen LogP contribution in [0.1, 0.15) is 13.8 Å². The molecule has 2 aromatic heterocycles. The summed E-state index contributed by atoms with van der Waals surface area (Å²) in [5.74, 6) is 0. The van der Waals surface area contributed by atoms with Gasteiger partial charge in [-0.3, -0.25) is 0 Å². The van der Waals surface area contributed by atoms with E-state index in [0.29, 0.717) is 0 Å². The van der Waals surface area contributed by atoms with Crippen LogP contribution in [0, 0.1) is 0 Å². The van der Waals surface area contributed by atoms with Gasteiger partial charge in [-0.15, -0.1) is 0 Å². The number of benzene rings is 10. The molecule has 0 aliphatic rings. The summed E-state index contributed by atoms with van der Waals surface area (Å²) >= 11 is 0. The van der Waals surface area contributed by atoms with Gasteiger partial charge in [-0.05, 0) is 125 Å². The van der Waals surface area contributed by atoms with E-state index >= 15 is 0 Å². The molecular formula is C68H55N3. The van der Waals surface area contributed by atoms with Gasteiger partial charge >= 0.3 is 0 Å². The standard InChI is InChI=1S/C56H37N3.C6H10.C6H8/c1-3-14-38(15-4-1)42-18-13-21-45(34-42)57(44-19-5-2-6-20-44)46-29-27-40-28-31-48(37-43(40)36-46)59-52-24-11-9-22-49(52)50-32-33-54-55(56(50)59)51-23-10-12-25-53(51)58(54)47-30-26-39-16-7-8-17-41(39)35-47;1-4-5-6(2)3;1-3-5-6-4-2/h1-37H;4-5H,2H2,1,3H3;3-6H,1-2H2/b;5-4-;6-5-. The normalized spacial score (nSPS) is 11.3. The lowest BCUT2D eigenvalue weighted by Gasteiger charge is -2.26. The Kier molecular flexibility index (Phi) is 13.2. The smallest absolute Gasteiger partial charge is 0.0641 e. The van der Waals surface area contributed by atoms with Gasteiger partial charge in [-0.1, -0.05) is 207 Å². The Morgan fingerprint density at radius 3 is 1.66 bits per heavy atom. The van der Waals surface area contributed by atoms with Crippen LogP contribution in [0.5, 0.6) is 0 Å². The number of fused-ring (bicyclic) bond motifs is 9. The number of aromatic nitrogens is 2. The average Bonchev–Trinajstić information content (AvgIpc) is 3.94. The fourth-order valence-electron chi connectivity index (χ4n) is 9.79. The van der Waals surface area contributed by atoms with Crippen LogP contribution in [0.3, 0.4) is 0 Å². The molecule has 0 fully saturated rings. The van der Waals surface area contributed by atoms with Crippen molar-refractivity contribution < 1.29 is 0 Å². The van der Waals surface area contributed by atoms with Gasteiger partial charge in [0.1, 0.15) is 0 Å². The van der Waals surface area contributed by atoms with Crippen LogP contribution < -0.4 is 4.90 Å². The number of rotatable bonds is 9. The molecule has 0 N–H and O–H groups in total. The second-order valence-corrected chi connectivity index (χ2v) is 17.6. The van der Waals surface area contributed by atoms with Crippen LogP contribution in [-0.4, -0.2) is 9.13 Å². The minimum Gasteiger partial charge on any atom is -0.310 e. The molecule has 12 aromatic rings. The monoisotopic (exact) mass is 913 g/mol. The first kappa shape index (κ1) is 45.6. The van der Waals surface area contributed by atoms with Gasteiger partial charge in [0.25, 0.3) is 0 Å². The molecule has 0 aliphatic heterocycles. The number of para-hydroxylation sites is 3. The molecular weight excluding hydrogens is 859 g/mol. The van der Waals surface area contributed by atoms with E-state index in [9.17, 15) is 0 Å². The quantitative estimate of drug-likeness (QED) is 0.132. The zero-order valence-electron chi connectivity index (χ0n) is 40.3. The fraction of sp³-hybridized carbons (Fsp3) is 0.0294. The topological polar surface area (TPSA) is 13.1 Å². The fourth-order valence-corrected chi connectivity index (χ4v) is 9.79. The molecule has 71 heavy (non-hydrogen) atoms. The van der Waals surface area contributed by atoms with Gasteiger partial charge in [-0.2, -0.15) is 0 Å².